The summed E-state index contributed by atoms with van der Waals surface area (Å²) in [4.78, 5) is 20.9. The van der Waals surface area contributed by atoms with Crippen molar-refractivity contribution in [2.24, 2.45) is 4.99 Å². The van der Waals surface area contributed by atoms with Gasteiger partial charge in [0.05, 0.1) is 27.8 Å². The number of hydrogen-bond donors (Lipinski definition) is 2. The summed E-state index contributed by atoms with van der Waals surface area (Å²) in [6.07, 6.45) is 0.933. The summed E-state index contributed by atoms with van der Waals surface area (Å²) in [6.45, 7) is 4.07. The van der Waals surface area contributed by atoms with E-state index in [0.29, 0.717) is 0 Å². The van der Waals surface area contributed by atoms with Crippen molar-refractivity contribution in [3.63, 3.8) is 0 Å². The number of rotatable bonds is 3. The molecular formula is C30H23N5. The van der Waals surface area contributed by atoms with Crippen LogP contribution in [0.4, 0.5) is 5.69 Å². The van der Waals surface area contributed by atoms with Crippen molar-refractivity contribution in [3.8, 4) is 33.6 Å². The van der Waals surface area contributed by atoms with Gasteiger partial charge in [-0.3, -0.25) is 4.99 Å². The number of nitrogens with zero attached hydrogens (tertiary/aromatic N) is 3. The molecule has 1 aliphatic rings. The first-order valence-electron chi connectivity index (χ1n) is 11.8. The number of H-pyrrole nitrogens is 2. The Labute approximate surface area is 202 Å². The Morgan fingerprint density at radius 2 is 1.29 bits per heavy atom. The van der Waals surface area contributed by atoms with Gasteiger partial charge in [0, 0.05) is 17.7 Å². The molecule has 168 valence electrons. The molecule has 0 aliphatic carbocycles. The molecule has 0 amide bonds. The second-order valence-electron chi connectivity index (χ2n) is 9.32. The first-order valence-corrected chi connectivity index (χ1v) is 11.8. The minimum Gasteiger partial charge on any atom is -0.342 e. The largest absolute Gasteiger partial charge is 0.342 e. The lowest BCUT2D eigenvalue weighted by Crippen LogP contribution is -1.89. The lowest BCUT2D eigenvalue weighted by Gasteiger charge is -2.05. The van der Waals surface area contributed by atoms with Crippen LogP contribution in [0, 0.1) is 6.92 Å². The van der Waals surface area contributed by atoms with Gasteiger partial charge in [-0.25, -0.2) is 9.97 Å². The highest BCUT2D eigenvalue weighted by Crippen LogP contribution is 2.33. The Hall–Kier alpha value is -4.51. The minimum atomic E-state index is 0.871. The first kappa shape index (κ1) is 19.9. The number of imidazole rings is 2. The number of aryl methyl sites for hydroxylation is 1. The molecule has 4 aromatic carbocycles. The first-order chi connectivity index (χ1) is 17.1. The third kappa shape index (κ3) is 3.44. The maximum Gasteiger partial charge on any atom is 0.138 e. The van der Waals surface area contributed by atoms with Crippen LogP contribution in [0.5, 0.6) is 0 Å². The Kier molecular flexibility index (Phi) is 4.27. The maximum atomic E-state index is 4.88. The molecular weight excluding hydrogens is 430 g/mol. The monoisotopic (exact) mass is 453 g/mol. The molecule has 1 aliphatic heterocycles. The molecule has 0 bridgehead atoms. The highest BCUT2D eigenvalue weighted by molar-refractivity contribution is 5.93. The zero-order chi connectivity index (χ0) is 23.5. The smallest absolute Gasteiger partial charge is 0.138 e. The summed E-state index contributed by atoms with van der Waals surface area (Å²) >= 11 is 0. The van der Waals surface area contributed by atoms with Gasteiger partial charge >= 0.3 is 0 Å². The molecule has 6 aromatic rings. The molecule has 0 unspecified atom stereocenters. The normalized spacial score (nSPS) is 12.9. The third-order valence-electron chi connectivity index (χ3n) is 6.72. The van der Waals surface area contributed by atoms with Gasteiger partial charge in [0.2, 0.25) is 0 Å². The molecule has 0 spiro atoms. The van der Waals surface area contributed by atoms with Gasteiger partial charge in [0.1, 0.15) is 11.6 Å². The summed E-state index contributed by atoms with van der Waals surface area (Å²) in [5.41, 5.74) is 13.3. The molecule has 7 rings (SSSR count). The molecule has 2 aromatic heterocycles. The van der Waals surface area contributed by atoms with Crippen molar-refractivity contribution < 1.29 is 0 Å². The number of fused-ring (bicyclic) bond motifs is 3. The summed E-state index contributed by atoms with van der Waals surface area (Å²) in [6, 6.07) is 27.8. The zero-order valence-electron chi connectivity index (χ0n) is 19.6. The lowest BCUT2D eigenvalue weighted by atomic mass is 10.0. The van der Waals surface area contributed by atoms with Gasteiger partial charge in [-0.1, -0.05) is 36.4 Å². The Morgan fingerprint density at radius 3 is 2.11 bits per heavy atom. The number of hydrogen-bond acceptors (Lipinski definition) is 3. The topological polar surface area (TPSA) is 69.7 Å². The average molecular weight is 454 g/mol. The van der Waals surface area contributed by atoms with Gasteiger partial charge in [-0.2, -0.15) is 0 Å². The molecule has 5 heteroatoms. The number of nitrogens with one attached hydrogen (secondary N) is 2. The second-order valence-corrected chi connectivity index (χ2v) is 9.32. The van der Waals surface area contributed by atoms with Crippen LogP contribution in [0.15, 0.2) is 83.9 Å². The molecule has 2 N–H and O–H groups in total. The van der Waals surface area contributed by atoms with Gasteiger partial charge in [0.25, 0.3) is 0 Å². The molecule has 0 saturated carbocycles. The summed E-state index contributed by atoms with van der Waals surface area (Å²) < 4.78 is 0. The van der Waals surface area contributed by atoms with Crippen LogP contribution in [0.25, 0.3) is 55.7 Å². The van der Waals surface area contributed by atoms with Crippen molar-refractivity contribution in [3.05, 3.63) is 90.3 Å². The van der Waals surface area contributed by atoms with E-state index in [1.54, 1.807) is 0 Å². The number of aliphatic imine (C=N–C) groups is 1. The summed E-state index contributed by atoms with van der Waals surface area (Å²) in [7, 11) is 0. The predicted octanol–water partition coefficient (Wildman–Crippen LogP) is 7.40. The highest BCUT2D eigenvalue weighted by atomic mass is 14.9. The van der Waals surface area contributed by atoms with E-state index in [4.69, 9.17) is 4.98 Å². The van der Waals surface area contributed by atoms with E-state index < -0.39 is 0 Å². The third-order valence-corrected chi connectivity index (χ3v) is 6.72. The molecule has 5 nitrogen and oxygen atoms in total. The quantitative estimate of drug-likeness (QED) is 0.293. The molecule has 0 saturated heterocycles. The van der Waals surface area contributed by atoms with Crippen molar-refractivity contribution in [2.75, 3.05) is 0 Å². The van der Waals surface area contributed by atoms with E-state index in [0.717, 1.165) is 62.5 Å². The van der Waals surface area contributed by atoms with Crippen molar-refractivity contribution >= 4 is 33.5 Å². The molecule has 35 heavy (non-hydrogen) atoms. The van der Waals surface area contributed by atoms with Crippen molar-refractivity contribution in [1.82, 2.24) is 19.9 Å². The van der Waals surface area contributed by atoms with Crippen LogP contribution in [-0.4, -0.2) is 25.6 Å². The van der Waals surface area contributed by atoms with Gasteiger partial charge in [-0.05, 0) is 84.1 Å². The van der Waals surface area contributed by atoms with Crippen LogP contribution in [0.3, 0.4) is 0 Å². The summed E-state index contributed by atoms with van der Waals surface area (Å²) in [5, 5.41) is 0. The van der Waals surface area contributed by atoms with Gasteiger partial charge in [0.15, 0.2) is 0 Å². The highest BCUT2D eigenvalue weighted by Gasteiger charge is 2.13. The Morgan fingerprint density at radius 1 is 0.629 bits per heavy atom. The summed E-state index contributed by atoms with van der Waals surface area (Å²) in [5.74, 6) is 1.80. The van der Waals surface area contributed by atoms with E-state index in [1.807, 2.05) is 6.92 Å². The van der Waals surface area contributed by atoms with E-state index in [2.05, 4.69) is 106 Å². The van der Waals surface area contributed by atoms with Crippen LogP contribution in [0.2, 0.25) is 0 Å². The minimum absolute atomic E-state index is 0.871. The SMILES string of the molecule is CC1=Nc2ccc(-c3ccc4nc(-c5cccc(-c6ccc7nc(C)[nH]c7c6)c5)[nH]c4c3)cc2C1. The second kappa shape index (κ2) is 7.50. The molecule has 3 heterocycles. The predicted molar refractivity (Wildman–Crippen MR) is 143 cm³/mol. The Balaban J connectivity index is 1.24. The maximum absolute atomic E-state index is 4.88. The number of aromatic amines is 2. The Bertz CT molecular complexity index is 1800. The van der Waals surface area contributed by atoms with E-state index in [9.17, 15) is 0 Å². The van der Waals surface area contributed by atoms with Crippen LogP contribution in [-0.2, 0) is 6.42 Å². The van der Waals surface area contributed by atoms with Crippen molar-refractivity contribution in [2.45, 2.75) is 20.3 Å². The fourth-order valence-electron chi connectivity index (χ4n) is 5.03. The van der Waals surface area contributed by atoms with Crippen LogP contribution in [0.1, 0.15) is 18.3 Å². The van der Waals surface area contributed by atoms with Crippen LogP contribution < -0.4 is 0 Å². The lowest BCUT2D eigenvalue weighted by molar-refractivity contribution is 1.17. The van der Waals surface area contributed by atoms with Crippen molar-refractivity contribution in [1.29, 1.82) is 0 Å². The van der Waals surface area contributed by atoms with Gasteiger partial charge in [-0.15, -0.1) is 0 Å². The zero-order valence-corrected chi connectivity index (χ0v) is 19.6. The molecule has 0 fully saturated rings. The average Bonchev–Trinajstić information content (AvgIpc) is 3.57. The molecule has 0 radical (unpaired) electrons. The van der Waals surface area contributed by atoms with E-state index >= 15 is 0 Å². The standard InChI is InChI=1S/C30H23N5/c1-17-12-24-14-20(6-9-25(24)31-17)22-8-11-27-29(16-22)35-30(34-27)23-5-3-4-19(13-23)21-7-10-26-28(15-21)33-18(2)32-26/h3-11,13-16H,12H2,1-2H3,(H,32,33)(H,34,35). The van der Waals surface area contributed by atoms with Gasteiger partial charge < -0.3 is 9.97 Å². The fraction of sp³-hybridized carbons (Fsp3) is 0.100. The fourth-order valence-corrected chi connectivity index (χ4v) is 5.03. The number of benzene rings is 4. The van der Waals surface area contributed by atoms with E-state index in [-0.39, 0.29) is 0 Å². The number of aromatic nitrogens is 4. The van der Waals surface area contributed by atoms with E-state index in [1.165, 1.54) is 22.4 Å². The molecule has 0 atom stereocenters. The van der Waals surface area contributed by atoms with Crippen LogP contribution >= 0.6 is 0 Å².